The first-order chi connectivity index (χ1) is 14.5. The highest BCUT2D eigenvalue weighted by Gasteiger charge is 2.41. The van der Waals surface area contributed by atoms with Crippen LogP contribution in [0.15, 0.2) is 78.5 Å². The molecule has 0 unspecified atom stereocenters. The van der Waals surface area contributed by atoms with Crippen LogP contribution < -0.4 is 15.0 Å². The summed E-state index contributed by atoms with van der Waals surface area (Å²) in [6.45, 7) is 1.90. The minimum Gasteiger partial charge on any atom is -0.495 e. The molecule has 3 aromatic carbocycles. The maximum atomic E-state index is 13.4. The van der Waals surface area contributed by atoms with Gasteiger partial charge in [0.1, 0.15) is 11.4 Å². The molecule has 1 aliphatic rings. The molecule has 2 amide bonds. The largest absolute Gasteiger partial charge is 0.495 e. The molecule has 0 saturated carbocycles. The van der Waals surface area contributed by atoms with Crippen molar-refractivity contribution >= 4 is 40.4 Å². The highest BCUT2D eigenvalue weighted by atomic mass is 35.5. The number of hydrogen-bond acceptors (Lipinski definition) is 4. The Morgan fingerprint density at radius 1 is 0.900 bits per heavy atom. The van der Waals surface area contributed by atoms with E-state index < -0.39 is 11.8 Å². The molecule has 1 N–H and O–H groups in total. The van der Waals surface area contributed by atoms with Crippen molar-refractivity contribution in [3.8, 4) is 5.75 Å². The zero-order valence-corrected chi connectivity index (χ0v) is 17.2. The fourth-order valence-electron chi connectivity index (χ4n) is 3.37. The summed E-state index contributed by atoms with van der Waals surface area (Å²) in [4.78, 5) is 28.0. The summed E-state index contributed by atoms with van der Waals surface area (Å²) in [6, 6.07) is 21.5. The molecule has 0 fully saturated rings. The quantitative estimate of drug-likeness (QED) is 0.589. The summed E-state index contributed by atoms with van der Waals surface area (Å²) in [5, 5.41) is 3.69. The molecule has 6 heteroatoms. The second-order valence-corrected chi connectivity index (χ2v) is 7.23. The molecule has 4 rings (SSSR count). The summed E-state index contributed by atoms with van der Waals surface area (Å²) in [5.41, 5.74) is 3.07. The second kappa shape index (κ2) is 8.05. The van der Waals surface area contributed by atoms with Crippen LogP contribution in [0, 0.1) is 6.92 Å². The maximum Gasteiger partial charge on any atom is 0.282 e. The van der Waals surface area contributed by atoms with Crippen LogP contribution in [0.3, 0.4) is 0 Å². The Bertz CT molecular complexity index is 1170. The Balaban J connectivity index is 1.84. The van der Waals surface area contributed by atoms with Gasteiger partial charge >= 0.3 is 0 Å². The van der Waals surface area contributed by atoms with E-state index in [4.69, 9.17) is 16.3 Å². The van der Waals surface area contributed by atoms with E-state index in [0.29, 0.717) is 33.3 Å². The molecule has 1 heterocycles. The molecule has 30 heavy (non-hydrogen) atoms. The van der Waals surface area contributed by atoms with Gasteiger partial charge in [-0.3, -0.25) is 9.59 Å². The van der Waals surface area contributed by atoms with Crippen LogP contribution in [0.4, 0.5) is 11.4 Å². The van der Waals surface area contributed by atoms with Crippen LogP contribution in [0.25, 0.3) is 5.57 Å². The average Bonchev–Trinajstić information content (AvgIpc) is 3.00. The summed E-state index contributed by atoms with van der Waals surface area (Å²) < 4.78 is 5.38. The van der Waals surface area contributed by atoms with Gasteiger partial charge in [-0.25, -0.2) is 4.90 Å². The number of hydrogen-bond donors (Lipinski definition) is 1. The van der Waals surface area contributed by atoms with E-state index in [1.165, 1.54) is 7.11 Å². The van der Waals surface area contributed by atoms with E-state index in [0.717, 1.165) is 10.5 Å². The fraction of sp³-hybridized carbons (Fsp3) is 0.0833. The van der Waals surface area contributed by atoms with Gasteiger partial charge in [0.2, 0.25) is 0 Å². The molecule has 3 aromatic rings. The minimum atomic E-state index is -0.458. The number of methoxy groups -OCH3 is 1. The third-order valence-electron chi connectivity index (χ3n) is 4.91. The summed E-state index contributed by atoms with van der Waals surface area (Å²) in [6.07, 6.45) is 0. The van der Waals surface area contributed by atoms with Gasteiger partial charge in [0.05, 0.1) is 18.4 Å². The number of aryl methyl sites for hydroxylation is 1. The average molecular weight is 419 g/mol. The van der Waals surface area contributed by atoms with Crippen molar-refractivity contribution in [2.24, 2.45) is 0 Å². The van der Waals surface area contributed by atoms with Crippen LogP contribution in [0.2, 0.25) is 5.02 Å². The van der Waals surface area contributed by atoms with Gasteiger partial charge in [0.15, 0.2) is 0 Å². The first kappa shape index (κ1) is 19.7. The first-order valence-corrected chi connectivity index (χ1v) is 9.73. The molecule has 0 spiro atoms. The zero-order valence-electron chi connectivity index (χ0n) is 16.5. The Labute approximate surface area is 179 Å². The predicted octanol–water partition coefficient (Wildman–Crippen LogP) is 5.05. The molecule has 0 atom stereocenters. The van der Waals surface area contributed by atoms with Gasteiger partial charge in [-0.15, -0.1) is 0 Å². The molecule has 0 radical (unpaired) electrons. The molecule has 5 nitrogen and oxygen atoms in total. The van der Waals surface area contributed by atoms with Crippen molar-refractivity contribution < 1.29 is 14.3 Å². The SMILES string of the molecule is COc1ccccc1N1C(=O)C(Nc2ccc(C)c(Cl)c2)=C(c2ccccc2)C1=O. The molecule has 0 aromatic heterocycles. The predicted molar refractivity (Wildman–Crippen MR) is 119 cm³/mol. The van der Waals surface area contributed by atoms with Crippen LogP contribution in [-0.4, -0.2) is 18.9 Å². The number of anilines is 2. The molecular weight excluding hydrogens is 400 g/mol. The molecule has 0 saturated heterocycles. The van der Waals surface area contributed by atoms with E-state index in [9.17, 15) is 9.59 Å². The lowest BCUT2D eigenvalue weighted by Gasteiger charge is -2.18. The van der Waals surface area contributed by atoms with Gasteiger partial charge in [0.25, 0.3) is 11.8 Å². The Hall–Kier alpha value is -3.57. The van der Waals surface area contributed by atoms with Gasteiger partial charge < -0.3 is 10.1 Å². The number of rotatable bonds is 5. The van der Waals surface area contributed by atoms with Gasteiger partial charge in [0, 0.05) is 10.7 Å². The number of ether oxygens (including phenoxy) is 1. The number of carbonyl (C=O) groups is 2. The number of nitrogens with zero attached hydrogens (tertiary/aromatic N) is 1. The lowest BCUT2D eigenvalue weighted by atomic mass is 10.0. The highest BCUT2D eigenvalue weighted by molar-refractivity contribution is 6.46. The summed E-state index contributed by atoms with van der Waals surface area (Å²) in [5.74, 6) is -0.442. The van der Waals surface area contributed by atoms with Crippen LogP contribution in [-0.2, 0) is 9.59 Å². The van der Waals surface area contributed by atoms with Crippen molar-refractivity contribution in [1.82, 2.24) is 0 Å². The standard InChI is InChI=1S/C24H19ClN2O3/c1-15-12-13-17(14-18(15)25)26-22-21(16-8-4-3-5-9-16)23(28)27(24(22)29)19-10-6-7-11-20(19)30-2/h3-14,26H,1-2H3. The fourth-order valence-corrected chi connectivity index (χ4v) is 3.55. The number of para-hydroxylation sites is 2. The van der Waals surface area contributed by atoms with Crippen molar-refractivity contribution in [3.63, 3.8) is 0 Å². The molecule has 1 aliphatic heterocycles. The number of benzene rings is 3. The smallest absolute Gasteiger partial charge is 0.282 e. The van der Waals surface area contributed by atoms with Crippen LogP contribution in [0.5, 0.6) is 5.75 Å². The molecule has 0 aliphatic carbocycles. The van der Waals surface area contributed by atoms with Gasteiger partial charge in [-0.2, -0.15) is 0 Å². The Morgan fingerprint density at radius 3 is 2.30 bits per heavy atom. The number of halogens is 1. The van der Waals surface area contributed by atoms with E-state index >= 15 is 0 Å². The number of carbonyl (C=O) groups excluding carboxylic acids is 2. The molecule has 150 valence electrons. The Kier molecular flexibility index (Phi) is 5.29. The van der Waals surface area contributed by atoms with Crippen molar-refractivity contribution in [1.29, 1.82) is 0 Å². The van der Waals surface area contributed by atoms with Gasteiger partial charge in [-0.05, 0) is 42.3 Å². The van der Waals surface area contributed by atoms with E-state index in [2.05, 4.69) is 5.32 Å². The van der Waals surface area contributed by atoms with Gasteiger partial charge in [-0.1, -0.05) is 60.1 Å². The minimum absolute atomic E-state index is 0.192. The van der Waals surface area contributed by atoms with E-state index in [1.54, 1.807) is 42.5 Å². The van der Waals surface area contributed by atoms with Crippen molar-refractivity contribution in [3.05, 3.63) is 94.6 Å². The first-order valence-electron chi connectivity index (χ1n) is 9.36. The lowest BCUT2D eigenvalue weighted by molar-refractivity contribution is -0.120. The number of amides is 2. The second-order valence-electron chi connectivity index (χ2n) is 6.82. The maximum absolute atomic E-state index is 13.4. The summed E-state index contributed by atoms with van der Waals surface area (Å²) >= 11 is 6.25. The van der Waals surface area contributed by atoms with E-state index in [-0.39, 0.29) is 5.70 Å². The zero-order chi connectivity index (χ0) is 21.3. The van der Waals surface area contributed by atoms with Crippen LogP contribution in [0.1, 0.15) is 11.1 Å². The topological polar surface area (TPSA) is 58.6 Å². The molecule has 0 bridgehead atoms. The summed E-state index contributed by atoms with van der Waals surface area (Å²) in [7, 11) is 1.50. The molecular formula is C24H19ClN2O3. The normalized spacial score (nSPS) is 13.8. The van der Waals surface area contributed by atoms with E-state index in [1.807, 2.05) is 37.3 Å². The lowest BCUT2D eigenvalue weighted by Crippen LogP contribution is -2.32. The number of nitrogens with one attached hydrogen (secondary N) is 1. The number of imide groups is 1. The monoisotopic (exact) mass is 418 g/mol. The Morgan fingerprint density at radius 2 is 1.60 bits per heavy atom. The third-order valence-corrected chi connectivity index (χ3v) is 5.32. The van der Waals surface area contributed by atoms with Crippen molar-refractivity contribution in [2.45, 2.75) is 6.92 Å². The third kappa shape index (κ3) is 3.44. The highest BCUT2D eigenvalue weighted by Crippen LogP contribution is 2.37. The van der Waals surface area contributed by atoms with Crippen molar-refractivity contribution in [2.75, 3.05) is 17.3 Å². The van der Waals surface area contributed by atoms with Crippen LogP contribution >= 0.6 is 11.6 Å².